The van der Waals surface area contributed by atoms with Crippen LogP contribution in [0.3, 0.4) is 0 Å². The van der Waals surface area contributed by atoms with Gasteiger partial charge in [-0.15, -0.1) is 12.4 Å². The van der Waals surface area contributed by atoms with Crippen LogP contribution in [-0.2, 0) is 0 Å². The highest BCUT2D eigenvalue weighted by molar-refractivity contribution is 9.10. The predicted octanol–water partition coefficient (Wildman–Crippen LogP) is 2.75. The van der Waals surface area contributed by atoms with Crippen LogP contribution in [0.1, 0.15) is 17.2 Å². The number of nitrogens with zero attached hydrogens (tertiary/aromatic N) is 1. The first-order valence-electron chi connectivity index (χ1n) is 6.65. The Hall–Kier alpha value is -0.270. The SMILES string of the molecule is Cc1ccc([C@@H](N2CCNCC2)C(F)(F)CO)cc1Br.Cl. The standard InChI is InChI=1S/C14H19BrF2N2O.ClH/c1-10-2-3-11(8-12(10)15)13(14(16,17)9-20)19-6-4-18-5-7-19;/h2-3,8,13,18,20H,4-7,9H2,1H3;1H/t13-;/m1./s1. The minimum Gasteiger partial charge on any atom is -0.390 e. The summed E-state index contributed by atoms with van der Waals surface area (Å²) in [5, 5.41) is 12.2. The predicted molar refractivity (Wildman–Crippen MR) is 85.3 cm³/mol. The lowest BCUT2D eigenvalue weighted by molar-refractivity contribution is -0.118. The fourth-order valence-electron chi connectivity index (χ4n) is 2.53. The summed E-state index contributed by atoms with van der Waals surface area (Å²) in [5.41, 5.74) is 1.53. The molecule has 1 aliphatic heterocycles. The van der Waals surface area contributed by atoms with Gasteiger partial charge in [0.25, 0.3) is 5.92 Å². The van der Waals surface area contributed by atoms with Gasteiger partial charge in [0.05, 0.1) is 0 Å². The molecule has 0 aliphatic carbocycles. The Bertz CT molecular complexity index is 470. The summed E-state index contributed by atoms with van der Waals surface area (Å²) in [4.78, 5) is 1.74. The van der Waals surface area contributed by atoms with Gasteiger partial charge in [-0.25, -0.2) is 8.78 Å². The first kappa shape index (κ1) is 18.8. The molecule has 2 N–H and O–H groups in total. The number of halogens is 4. The van der Waals surface area contributed by atoms with E-state index < -0.39 is 18.6 Å². The summed E-state index contributed by atoms with van der Waals surface area (Å²) in [6.45, 7) is 3.23. The maximum atomic E-state index is 14.2. The van der Waals surface area contributed by atoms with Crippen molar-refractivity contribution in [2.45, 2.75) is 18.9 Å². The lowest BCUT2D eigenvalue weighted by atomic mass is 9.97. The number of benzene rings is 1. The molecular weight excluding hydrogens is 366 g/mol. The Labute approximate surface area is 138 Å². The second kappa shape index (κ2) is 7.83. The number of hydrogen-bond donors (Lipinski definition) is 2. The van der Waals surface area contributed by atoms with Gasteiger partial charge in [-0.05, 0) is 24.1 Å². The Kier molecular flexibility index (Phi) is 7.00. The van der Waals surface area contributed by atoms with Crippen molar-refractivity contribution in [3.05, 3.63) is 33.8 Å². The van der Waals surface area contributed by atoms with Crippen molar-refractivity contribution < 1.29 is 13.9 Å². The Morgan fingerprint density at radius 1 is 1.38 bits per heavy atom. The molecular formula is C14H20BrClF2N2O. The lowest BCUT2D eigenvalue weighted by Gasteiger charge is -2.38. The lowest BCUT2D eigenvalue weighted by Crippen LogP contribution is -2.51. The van der Waals surface area contributed by atoms with Crippen molar-refractivity contribution in [3.8, 4) is 0 Å². The zero-order valence-corrected chi connectivity index (χ0v) is 14.2. The fourth-order valence-corrected chi connectivity index (χ4v) is 2.92. The van der Waals surface area contributed by atoms with E-state index in [4.69, 9.17) is 5.11 Å². The van der Waals surface area contributed by atoms with Gasteiger partial charge in [-0.2, -0.15) is 0 Å². The van der Waals surface area contributed by atoms with Gasteiger partial charge in [0, 0.05) is 30.7 Å². The molecule has 0 spiro atoms. The highest BCUT2D eigenvalue weighted by atomic mass is 79.9. The van der Waals surface area contributed by atoms with E-state index in [0.29, 0.717) is 31.7 Å². The number of hydrogen-bond acceptors (Lipinski definition) is 3. The first-order valence-corrected chi connectivity index (χ1v) is 7.44. The van der Waals surface area contributed by atoms with Crippen molar-refractivity contribution >= 4 is 28.3 Å². The molecule has 2 rings (SSSR count). The van der Waals surface area contributed by atoms with Crippen LogP contribution in [0.15, 0.2) is 22.7 Å². The van der Waals surface area contributed by atoms with Gasteiger partial charge in [0.15, 0.2) is 0 Å². The van der Waals surface area contributed by atoms with Crippen molar-refractivity contribution in [3.63, 3.8) is 0 Å². The summed E-state index contributed by atoms with van der Waals surface area (Å²) in [7, 11) is 0. The molecule has 1 aromatic carbocycles. The van der Waals surface area contributed by atoms with Crippen LogP contribution in [0.5, 0.6) is 0 Å². The van der Waals surface area contributed by atoms with E-state index in [0.717, 1.165) is 10.0 Å². The molecule has 1 saturated heterocycles. The molecule has 0 aromatic heterocycles. The molecule has 7 heteroatoms. The summed E-state index contributed by atoms with van der Waals surface area (Å²) < 4.78 is 29.2. The van der Waals surface area contributed by atoms with E-state index in [9.17, 15) is 8.78 Å². The minimum absolute atomic E-state index is 0. The Morgan fingerprint density at radius 3 is 2.52 bits per heavy atom. The van der Waals surface area contributed by atoms with Crippen molar-refractivity contribution in [1.29, 1.82) is 0 Å². The zero-order chi connectivity index (χ0) is 14.8. The van der Waals surface area contributed by atoms with Gasteiger partial charge in [0.2, 0.25) is 0 Å². The van der Waals surface area contributed by atoms with Crippen molar-refractivity contribution in [1.82, 2.24) is 10.2 Å². The largest absolute Gasteiger partial charge is 0.390 e. The second-order valence-electron chi connectivity index (χ2n) is 5.12. The number of aryl methyl sites for hydroxylation is 1. The van der Waals surface area contributed by atoms with Crippen LogP contribution in [-0.4, -0.2) is 48.7 Å². The highest BCUT2D eigenvalue weighted by Crippen LogP contribution is 2.37. The average Bonchev–Trinajstić information content (AvgIpc) is 2.44. The molecule has 1 fully saturated rings. The van der Waals surface area contributed by atoms with E-state index in [2.05, 4.69) is 21.2 Å². The topological polar surface area (TPSA) is 35.5 Å². The molecule has 1 aromatic rings. The van der Waals surface area contributed by atoms with Crippen LogP contribution in [0.4, 0.5) is 8.78 Å². The van der Waals surface area contributed by atoms with Gasteiger partial charge in [-0.1, -0.05) is 28.1 Å². The van der Waals surface area contributed by atoms with Gasteiger partial charge < -0.3 is 10.4 Å². The number of nitrogens with one attached hydrogen (secondary N) is 1. The molecule has 0 radical (unpaired) electrons. The fraction of sp³-hybridized carbons (Fsp3) is 0.571. The number of aliphatic hydroxyl groups is 1. The van der Waals surface area contributed by atoms with E-state index in [-0.39, 0.29) is 12.4 Å². The molecule has 21 heavy (non-hydrogen) atoms. The van der Waals surface area contributed by atoms with Gasteiger partial charge in [-0.3, -0.25) is 4.90 Å². The van der Waals surface area contributed by atoms with E-state index in [1.165, 1.54) is 0 Å². The Morgan fingerprint density at radius 2 is 2.00 bits per heavy atom. The van der Waals surface area contributed by atoms with Gasteiger partial charge in [0.1, 0.15) is 12.6 Å². The number of aliphatic hydroxyl groups excluding tert-OH is 1. The summed E-state index contributed by atoms with van der Waals surface area (Å²) in [6, 6.07) is 4.18. The monoisotopic (exact) mass is 384 g/mol. The third-order valence-corrected chi connectivity index (χ3v) is 4.49. The maximum absolute atomic E-state index is 14.2. The molecule has 0 unspecified atom stereocenters. The summed E-state index contributed by atoms with van der Waals surface area (Å²) in [5.74, 6) is -3.16. The molecule has 0 saturated carbocycles. The van der Waals surface area contributed by atoms with Crippen LogP contribution in [0, 0.1) is 6.92 Å². The Balaban J connectivity index is 0.00000220. The molecule has 120 valence electrons. The van der Waals surface area contributed by atoms with Crippen molar-refractivity contribution in [2.75, 3.05) is 32.8 Å². The highest BCUT2D eigenvalue weighted by Gasteiger charge is 2.44. The second-order valence-corrected chi connectivity index (χ2v) is 5.97. The minimum atomic E-state index is -3.16. The molecule has 1 aliphatic rings. The number of rotatable bonds is 4. The van der Waals surface area contributed by atoms with Crippen LogP contribution < -0.4 is 5.32 Å². The quantitative estimate of drug-likeness (QED) is 0.836. The van der Waals surface area contributed by atoms with Crippen LogP contribution in [0.25, 0.3) is 0 Å². The molecule has 0 bridgehead atoms. The van der Waals surface area contributed by atoms with E-state index in [1.807, 2.05) is 13.0 Å². The zero-order valence-electron chi connectivity index (χ0n) is 11.8. The molecule has 0 amide bonds. The number of piperazine rings is 1. The number of alkyl halides is 2. The average molecular weight is 386 g/mol. The van der Waals surface area contributed by atoms with Crippen molar-refractivity contribution in [2.24, 2.45) is 0 Å². The van der Waals surface area contributed by atoms with Crippen LogP contribution in [0.2, 0.25) is 0 Å². The summed E-state index contributed by atoms with van der Waals surface area (Å²) in [6.07, 6.45) is 0. The third-order valence-electron chi connectivity index (χ3n) is 3.64. The van der Waals surface area contributed by atoms with E-state index >= 15 is 0 Å². The van der Waals surface area contributed by atoms with E-state index in [1.54, 1.807) is 17.0 Å². The first-order chi connectivity index (χ1) is 9.45. The molecule has 3 nitrogen and oxygen atoms in total. The summed E-state index contributed by atoms with van der Waals surface area (Å²) >= 11 is 3.39. The smallest absolute Gasteiger partial charge is 0.289 e. The van der Waals surface area contributed by atoms with Gasteiger partial charge >= 0.3 is 0 Å². The maximum Gasteiger partial charge on any atom is 0.289 e. The molecule has 1 heterocycles. The molecule has 1 atom stereocenters. The third kappa shape index (κ3) is 4.36. The van der Waals surface area contributed by atoms with Crippen LogP contribution >= 0.6 is 28.3 Å². The normalized spacial score (nSPS) is 18.1.